The van der Waals surface area contributed by atoms with Gasteiger partial charge in [-0.15, -0.1) is 5.10 Å². The van der Waals surface area contributed by atoms with E-state index in [4.69, 9.17) is 11.6 Å². The Morgan fingerprint density at radius 2 is 1.76 bits per heavy atom. The van der Waals surface area contributed by atoms with Crippen LogP contribution in [0, 0.1) is 6.92 Å². The molecule has 146 valence electrons. The van der Waals surface area contributed by atoms with Crippen molar-refractivity contribution in [2.45, 2.75) is 20.0 Å². The SMILES string of the molecule is Cc1ccc(Cn2nnc(C(=O)NCc3ccccc3Cl)c2-n2cccc2)cc1. The Bertz CT molecular complexity index is 1120. The van der Waals surface area contributed by atoms with Crippen LogP contribution in [0.25, 0.3) is 5.82 Å². The lowest BCUT2D eigenvalue weighted by molar-refractivity contribution is 0.0946. The maximum absolute atomic E-state index is 12.9. The number of hydrogen-bond donors (Lipinski definition) is 1. The van der Waals surface area contributed by atoms with Crippen LogP contribution in [0.15, 0.2) is 73.1 Å². The van der Waals surface area contributed by atoms with Gasteiger partial charge in [0.25, 0.3) is 5.91 Å². The van der Waals surface area contributed by atoms with Crippen molar-refractivity contribution in [1.82, 2.24) is 24.9 Å². The average Bonchev–Trinajstić information content (AvgIpc) is 3.38. The van der Waals surface area contributed by atoms with Crippen molar-refractivity contribution < 1.29 is 4.79 Å². The Hall–Kier alpha value is -3.38. The van der Waals surface area contributed by atoms with Gasteiger partial charge in [-0.05, 0) is 36.2 Å². The number of amides is 1. The number of rotatable bonds is 6. The van der Waals surface area contributed by atoms with Gasteiger partial charge in [0.2, 0.25) is 0 Å². The van der Waals surface area contributed by atoms with Gasteiger partial charge >= 0.3 is 0 Å². The molecule has 0 spiro atoms. The largest absolute Gasteiger partial charge is 0.346 e. The number of aryl methyl sites for hydroxylation is 1. The molecule has 6 nitrogen and oxygen atoms in total. The number of nitrogens with zero attached hydrogens (tertiary/aromatic N) is 4. The lowest BCUT2D eigenvalue weighted by Crippen LogP contribution is -2.25. The maximum atomic E-state index is 12.9. The summed E-state index contributed by atoms with van der Waals surface area (Å²) in [6.45, 7) is 2.87. The van der Waals surface area contributed by atoms with E-state index in [2.05, 4.69) is 27.8 Å². The van der Waals surface area contributed by atoms with Crippen molar-refractivity contribution in [3.05, 3.63) is 100 Å². The van der Waals surface area contributed by atoms with Crippen molar-refractivity contribution in [3.8, 4) is 5.82 Å². The molecule has 7 heteroatoms. The van der Waals surface area contributed by atoms with Crippen molar-refractivity contribution in [3.63, 3.8) is 0 Å². The number of carbonyl (C=O) groups excluding carboxylic acids is 1. The molecule has 0 bridgehead atoms. The van der Waals surface area contributed by atoms with Crippen LogP contribution in [-0.4, -0.2) is 25.5 Å². The fraction of sp³-hybridized carbons (Fsp3) is 0.136. The molecule has 0 aliphatic rings. The fourth-order valence-electron chi connectivity index (χ4n) is 3.06. The number of aromatic nitrogens is 4. The van der Waals surface area contributed by atoms with Crippen LogP contribution in [0.3, 0.4) is 0 Å². The summed E-state index contributed by atoms with van der Waals surface area (Å²) in [6.07, 6.45) is 3.74. The summed E-state index contributed by atoms with van der Waals surface area (Å²) in [5, 5.41) is 11.9. The van der Waals surface area contributed by atoms with Crippen molar-refractivity contribution in [2.75, 3.05) is 0 Å². The molecule has 0 saturated heterocycles. The van der Waals surface area contributed by atoms with Crippen LogP contribution in [0.1, 0.15) is 27.2 Å². The quantitative estimate of drug-likeness (QED) is 0.527. The summed E-state index contributed by atoms with van der Waals surface area (Å²) in [7, 11) is 0. The highest BCUT2D eigenvalue weighted by molar-refractivity contribution is 6.31. The Kier molecular flexibility index (Phi) is 5.44. The third-order valence-electron chi connectivity index (χ3n) is 4.62. The zero-order valence-electron chi connectivity index (χ0n) is 15.9. The molecule has 0 aliphatic carbocycles. The third kappa shape index (κ3) is 4.22. The van der Waals surface area contributed by atoms with Crippen LogP contribution in [0.5, 0.6) is 0 Å². The summed E-state index contributed by atoms with van der Waals surface area (Å²) < 4.78 is 3.58. The predicted molar refractivity (Wildman–Crippen MR) is 112 cm³/mol. The van der Waals surface area contributed by atoms with E-state index in [1.165, 1.54) is 5.56 Å². The van der Waals surface area contributed by atoms with E-state index in [1.54, 1.807) is 10.7 Å². The van der Waals surface area contributed by atoms with Gasteiger partial charge in [0.05, 0.1) is 6.54 Å². The molecule has 29 heavy (non-hydrogen) atoms. The Balaban J connectivity index is 1.61. The van der Waals surface area contributed by atoms with Gasteiger partial charge in [0, 0.05) is 24.0 Å². The summed E-state index contributed by atoms with van der Waals surface area (Å²) in [5.74, 6) is 0.316. The molecule has 0 aliphatic heterocycles. The van der Waals surface area contributed by atoms with E-state index in [9.17, 15) is 4.79 Å². The first-order valence-electron chi connectivity index (χ1n) is 9.26. The number of halogens is 1. The van der Waals surface area contributed by atoms with Gasteiger partial charge in [0.1, 0.15) is 0 Å². The molecule has 2 aromatic carbocycles. The Labute approximate surface area is 173 Å². The lowest BCUT2D eigenvalue weighted by Gasteiger charge is -2.10. The highest BCUT2D eigenvalue weighted by atomic mass is 35.5. The van der Waals surface area contributed by atoms with Gasteiger partial charge in [-0.25, -0.2) is 4.68 Å². The van der Waals surface area contributed by atoms with Crippen LogP contribution in [0.4, 0.5) is 0 Å². The molecule has 0 unspecified atom stereocenters. The molecule has 2 heterocycles. The Morgan fingerprint density at radius 3 is 2.48 bits per heavy atom. The van der Waals surface area contributed by atoms with Crippen molar-refractivity contribution in [1.29, 1.82) is 0 Å². The lowest BCUT2D eigenvalue weighted by atomic mass is 10.1. The summed E-state index contributed by atoms with van der Waals surface area (Å²) >= 11 is 6.18. The fourth-order valence-corrected chi connectivity index (χ4v) is 3.26. The van der Waals surface area contributed by atoms with E-state index < -0.39 is 0 Å². The molecule has 0 radical (unpaired) electrons. The Morgan fingerprint density at radius 1 is 1.03 bits per heavy atom. The van der Waals surface area contributed by atoms with Crippen LogP contribution in [-0.2, 0) is 13.1 Å². The standard InChI is InChI=1S/C22H20ClN5O/c1-16-8-10-17(11-9-16)15-28-22(27-12-4-5-13-27)20(25-26-28)21(29)24-14-18-6-2-3-7-19(18)23/h2-13H,14-15H2,1H3,(H,24,29). The van der Waals surface area contributed by atoms with Crippen LogP contribution < -0.4 is 5.32 Å². The molecule has 0 atom stereocenters. The monoisotopic (exact) mass is 405 g/mol. The third-order valence-corrected chi connectivity index (χ3v) is 4.99. The average molecular weight is 406 g/mol. The topological polar surface area (TPSA) is 64.7 Å². The number of hydrogen-bond acceptors (Lipinski definition) is 3. The number of carbonyl (C=O) groups is 1. The summed E-state index contributed by atoms with van der Waals surface area (Å²) in [6, 6.07) is 19.4. The number of nitrogens with one attached hydrogen (secondary N) is 1. The molecule has 1 amide bonds. The van der Waals surface area contributed by atoms with E-state index >= 15 is 0 Å². The van der Waals surface area contributed by atoms with Crippen molar-refractivity contribution >= 4 is 17.5 Å². The molecule has 0 saturated carbocycles. The molecular formula is C22H20ClN5O. The van der Waals surface area contributed by atoms with Gasteiger partial charge < -0.3 is 9.88 Å². The molecule has 1 N–H and O–H groups in total. The molecule has 4 aromatic rings. The molecular weight excluding hydrogens is 386 g/mol. The van der Waals surface area contributed by atoms with Gasteiger partial charge in [-0.1, -0.05) is 64.8 Å². The van der Waals surface area contributed by atoms with Crippen molar-refractivity contribution in [2.24, 2.45) is 0 Å². The van der Waals surface area contributed by atoms with E-state index in [0.29, 0.717) is 23.9 Å². The minimum atomic E-state index is -0.302. The summed E-state index contributed by atoms with van der Waals surface area (Å²) in [4.78, 5) is 12.9. The highest BCUT2D eigenvalue weighted by Gasteiger charge is 2.21. The second kappa shape index (κ2) is 8.32. The second-order valence-corrected chi connectivity index (χ2v) is 7.18. The van der Waals surface area contributed by atoms with Crippen LogP contribution >= 0.6 is 11.6 Å². The predicted octanol–water partition coefficient (Wildman–Crippen LogP) is 4.01. The minimum absolute atomic E-state index is 0.264. The summed E-state index contributed by atoms with van der Waals surface area (Å²) in [5.41, 5.74) is 3.38. The second-order valence-electron chi connectivity index (χ2n) is 6.77. The highest BCUT2D eigenvalue weighted by Crippen LogP contribution is 2.17. The first-order chi connectivity index (χ1) is 14.1. The van der Waals surface area contributed by atoms with Gasteiger partial charge in [0.15, 0.2) is 11.5 Å². The smallest absolute Gasteiger partial charge is 0.276 e. The first kappa shape index (κ1) is 19.0. The van der Waals surface area contributed by atoms with E-state index in [0.717, 1.165) is 11.1 Å². The van der Waals surface area contributed by atoms with Gasteiger partial charge in [-0.2, -0.15) is 0 Å². The van der Waals surface area contributed by atoms with Gasteiger partial charge in [-0.3, -0.25) is 4.79 Å². The normalized spacial score (nSPS) is 10.8. The minimum Gasteiger partial charge on any atom is -0.346 e. The van der Waals surface area contributed by atoms with Crippen LogP contribution in [0.2, 0.25) is 5.02 Å². The molecule has 0 fully saturated rings. The molecule has 2 aromatic heterocycles. The first-order valence-corrected chi connectivity index (χ1v) is 9.63. The molecule has 4 rings (SSSR count). The van der Waals surface area contributed by atoms with E-state index in [1.807, 2.05) is 66.3 Å². The number of benzene rings is 2. The zero-order chi connectivity index (χ0) is 20.2. The zero-order valence-corrected chi connectivity index (χ0v) is 16.7. The maximum Gasteiger partial charge on any atom is 0.276 e. The van der Waals surface area contributed by atoms with E-state index in [-0.39, 0.29) is 11.6 Å².